The highest BCUT2D eigenvalue weighted by Crippen LogP contribution is 2.35. The van der Waals surface area contributed by atoms with Gasteiger partial charge in [-0.15, -0.1) is 0 Å². The normalized spacial score (nSPS) is 40.9. The van der Waals surface area contributed by atoms with Crippen molar-refractivity contribution in [1.29, 1.82) is 0 Å². The van der Waals surface area contributed by atoms with E-state index in [1.807, 2.05) is 0 Å². The summed E-state index contributed by atoms with van der Waals surface area (Å²) in [6.07, 6.45) is 9.50. The van der Waals surface area contributed by atoms with E-state index in [2.05, 4.69) is 32.7 Å². The van der Waals surface area contributed by atoms with E-state index < -0.39 is 0 Å². The molecule has 0 heterocycles. The van der Waals surface area contributed by atoms with Crippen molar-refractivity contribution in [2.24, 2.45) is 23.5 Å². The lowest BCUT2D eigenvalue weighted by atomic mass is 9.75. The van der Waals surface area contributed by atoms with Gasteiger partial charge in [-0.3, -0.25) is 4.90 Å². The van der Waals surface area contributed by atoms with E-state index in [-0.39, 0.29) is 0 Å². The highest BCUT2D eigenvalue weighted by molar-refractivity contribution is 4.93. The molecule has 0 amide bonds. The third kappa shape index (κ3) is 3.52. The standard InChI is InChI=1S/C17H34N2/c1-12(2)14-9-10-15(18)17(11-14)19(4)16-8-6-5-7-13(16)3/h12-17H,5-11,18H2,1-4H3. The second kappa shape index (κ2) is 6.58. The maximum Gasteiger partial charge on any atom is 0.0249 e. The zero-order valence-electron chi connectivity index (χ0n) is 13.4. The summed E-state index contributed by atoms with van der Waals surface area (Å²) in [6.45, 7) is 7.19. The van der Waals surface area contributed by atoms with Crippen LogP contribution in [0.4, 0.5) is 0 Å². The first-order chi connectivity index (χ1) is 9.00. The van der Waals surface area contributed by atoms with Crippen LogP contribution < -0.4 is 5.73 Å². The maximum absolute atomic E-state index is 6.45. The van der Waals surface area contributed by atoms with Gasteiger partial charge in [0, 0.05) is 18.1 Å². The molecule has 2 nitrogen and oxygen atoms in total. The van der Waals surface area contributed by atoms with Gasteiger partial charge in [0.15, 0.2) is 0 Å². The van der Waals surface area contributed by atoms with Crippen molar-refractivity contribution >= 4 is 0 Å². The summed E-state index contributed by atoms with van der Waals surface area (Å²) in [4.78, 5) is 2.67. The molecule has 0 saturated heterocycles. The topological polar surface area (TPSA) is 29.3 Å². The van der Waals surface area contributed by atoms with Gasteiger partial charge >= 0.3 is 0 Å². The molecule has 0 radical (unpaired) electrons. The smallest absolute Gasteiger partial charge is 0.0249 e. The van der Waals surface area contributed by atoms with Gasteiger partial charge in [0.25, 0.3) is 0 Å². The van der Waals surface area contributed by atoms with Gasteiger partial charge in [0.05, 0.1) is 0 Å². The third-order valence-corrected chi connectivity index (χ3v) is 5.96. The Hall–Kier alpha value is -0.0800. The molecule has 0 aromatic heterocycles. The highest BCUT2D eigenvalue weighted by Gasteiger charge is 2.36. The molecule has 2 N–H and O–H groups in total. The van der Waals surface area contributed by atoms with Crippen molar-refractivity contribution in [3.63, 3.8) is 0 Å². The lowest BCUT2D eigenvalue weighted by Crippen LogP contribution is -2.55. The molecule has 0 aromatic rings. The lowest BCUT2D eigenvalue weighted by molar-refractivity contribution is 0.0457. The van der Waals surface area contributed by atoms with Crippen LogP contribution in [0, 0.1) is 17.8 Å². The van der Waals surface area contributed by atoms with Crippen LogP contribution in [0.3, 0.4) is 0 Å². The van der Waals surface area contributed by atoms with E-state index in [9.17, 15) is 0 Å². The molecule has 2 fully saturated rings. The third-order valence-electron chi connectivity index (χ3n) is 5.96. The Kier molecular flexibility index (Phi) is 5.30. The molecule has 2 heteroatoms. The summed E-state index contributed by atoms with van der Waals surface area (Å²) >= 11 is 0. The molecule has 5 unspecified atom stereocenters. The molecule has 112 valence electrons. The Balaban J connectivity index is 2.01. The van der Waals surface area contributed by atoms with Crippen LogP contribution in [0.5, 0.6) is 0 Å². The van der Waals surface area contributed by atoms with Crippen molar-refractivity contribution in [3.05, 3.63) is 0 Å². The highest BCUT2D eigenvalue weighted by atomic mass is 15.2. The molecule has 0 spiro atoms. The van der Waals surface area contributed by atoms with Crippen LogP contribution in [-0.2, 0) is 0 Å². The Morgan fingerprint density at radius 3 is 2.32 bits per heavy atom. The van der Waals surface area contributed by atoms with Crippen molar-refractivity contribution in [1.82, 2.24) is 4.90 Å². The van der Waals surface area contributed by atoms with E-state index in [1.54, 1.807) is 0 Å². The predicted molar refractivity (Wildman–Crippen MR) is 83.1 cm³/mol. The molecular formula is C17H34N2. The van der Waals surface area contributed by atoms with Gasteiger partial charge in [-0.2, -0.15) is 0 Å². The summed E-state index contributed by atoms with van der Waals surface area (Å²) in [6, 6.07) is 1.79. The molecule has 0 aromatic carbocycles. The van der Waals surface area contributed by atoms with E-state index in [4.69, 9.17) is 5.73 Å². The molecule has 19 heavy (non-hydrogen) atoms. The van der Waals surface area contributed by atoms with Crippen molar-refractivity contribution in [2.75, 3.05) is 7.05 Å². The Labute approximate surface area is 120 Å². The van der Waals surface area contributed by atoms with Crippen molar-refractivity contribution < 1.29 is 0 Å². The van der Waals surface area contributed by atoms with Crippen LogP contribution in [-0.4, -0.2) is 30.1 Å². The zero-order valence-corrected chi connectivity index (χ0v) is 13.4. The summed E-state index contributed by atoms with van der Waals surface area (Å²) in [7, 11) is 2.35. The van der Waals surface area contributed by atoms with Gasteiger partial charge in [-0.05, 0) is 56.9 Å². The number of nitrogens with two attached hydrogens (primary N) is 1. The molecule has 0 aliphatic heterocycles. The number of likely N-dealkylation sites (N-methyl/N-ethyl adjacent to an activating group) is 1. The van der Waals surface area contributed by atoms with Gasteiger partial charge in [-0.1, -0.05) is 33.6 Å². The first-order valence-electron chi connectivity index (χ1n) is 8.48. The summed E-state index contributed by atoms with van der Waals surface area (Å²) in [5.74, 6) is 2.55. The van der Waals surface area contributed by atoms with E-state index >= 15 is 0 Å². The lowest BCUT2D eigenvalue weighted by Gasteiger charge is -2.46. The summed E-state index contributed by atoms with van der Waals surface area (Å²) in [5.41, 5.74) is 6.45. The Bertz CT molecular complexity index is 276. The number of rotatable bonds is 3. The first kappa shape index (κ1) is 15.3. The van der Waals surface area contributed by atoms with E-state index in [0.717, 1.165) is 23.8 Å². The average molecular weight is 266 g/mol. The minimum Gasteiger partial charge on any atom is -0.326 e. The number of hydrogen-bond acceptors (Lipinski definition) is 2. The van der Waals surface area contributed by atoms with Gasteiger partial charge < -0.3 is 5.73 Å². The van der Waals surface area contributed by atoms with Crippen LogP contribution in [0.15, 0.2) is 0 Å². The van der Waals surface area contributed by atoms with Crippen molar-refractivity contribution in [2.45, 2.75) is 83.8 Å². The number of hydrogen-bond donors (Lipinski definition) is 1. The van der Waals surface area contributed by atoms with Crippen LogP contribution in [0.1, 0.15) is 65.7 Å². The fraction of sp³-hybridized carbons (Fsp3) is 1.00. The Morgan fingerprint density at radius 2 is 1.68 bits per heavy atom. The summed E-state index contributed by atoms with van der Waals surface area (Å²) < 4.78 is 0. The molecule has 2 aliphatic carbocycles. The fourth-order valence-corrected chi connectivity index (χ4v) is 4.42. The molecule has 2 aliphatic rings. The van der Waals surface area contributed by atoms with E-state index in [0.29, 0.717) is 12.1 Å². The van der Waals surface area contributed by atoms with Crippen LogP contribution in [0.25, 0.3) is 0 Å². The first-order valence-corrected chi connectivity index (χ1v) is 8.48. The SMILES string of the molecule is CC(C)C1CCC(N)C(N(C)C2CCCCC2C)C1. The van der Waals surface area contributed by atoms with Crippen LogP contribution >= 0.6 is 0 Å². The van der Waals surface area contributed by atoms with Gasteiger partial charge in [0.2, 0.25) is 0 Å². The predicted octanol–water partition coefficient (Wildman–Crippen LogP) is 3.65. The molecule has 5 atom stereocenters. The minimum absolute atomic E-state index is 0.397. The quantitative estimate of drug-likeness (QED) is 0.845. The second-order valence-corrected chi connectivity index (χ2v) is 7.54. The van der Waals surface area contributed by atoms with E-state index in [1.165, 1.54) is 44.9 Å². The fourth-order valence-electron chi connectivity index (χ4n) is 4.42. The van der Waals surface area contributed by atoms with Gasteiger partial charge in [-0.25, -0.2) is 0 Å². The second-order valence-electron chi connectivity index (χ2n) is 7.54. The number of nitrogens with zero attached hydrogens (tertiary/aromatic N) is 1. The largest absolute Gasteiger partial charge is 0.326 e. The Morgan fingerprint density at radius 1 is 1.00 bits per heavy atom. The minimum atomic E-state index is 0.397. The molecule has 2 saturated carbocycles. The van der Waals surface area contributed by atoms with Gasteiger partial charge in [0.1, 0.15) is 0 Å². The van der Waals surface area contributed by atoms with Crippen LogP contribution in [0.2, 0.25) is 0 Å². The monoisotopic (exact) mass is 266 g/mol. The average Bonchev–Trinajstić information content (AvgIpc) is 2.38. The maximum atomic E-state index is 6.45. The van der Waals surface area contributed by atoms with Crippen molar-refractivity contribution in [3.8, 4) is 0 Å². The molecule has 2 rings (SSSR count). The molecule has 0 bridgehead atoms. The zero-order chi connectivity index (χ0) is 14.0. The summed E-state index contributed by atoms with van der Waals surface area (Å²) in [5, 5.41) is 0. The molecular weight excluding hydrogens is 232 g/mol.